The van der Waals surface area contributed by atoms with Crippen molar-refractivity contribution in [3.05, 3.63) is 44.7 Å². The summed E-state index contributed by atoms with van der Waals surface area (Å²) in [5, 5.41) is 16.0. The Kier molecular flexibility index (Phi) is 2.24. The Balaban J connectivity index is 2.66. The van der Waals surface area contributed by atoms with Crippen LogP contribution in [0.15, 0.2) is 27.4 Å². The Morgan fingerprint density at radius 3 is 2.81 bits per heavy atom. The van der Waals surface area contributed by atoms with E-state index in [1.807, 2.05) is 5.10 Å². The van der Waals surface area contributed by atoms with Gasteiger partial charge in [0.15, 0.2) is 0 Å². The molecule has 1 aromatic heterocycles. The molecule has 7 nitrogen and oxygen atoms in total. The summed E-state index contributed by atoms with van der Waals surface area (Å²) < 4.78 is 17.4. The van der Waals surface area contributed by atoms with Crippen LogP contribution in [-0.2, 0) is 0 Å². The second kappa shape index (κ2) is 3.57. The van der Waals surface area contributed by atoms with Gasteiger partial charge in [0.25, 0.3) is 11.6 Å². The lowest BCUT2D eigenvalue weighted by Crippen LogP contribution is -1.94. The molecule has 0 spiro atoms. The first-order chi connectivity index (χ1) is 7.58. The van der Waals surface area contributed by atoms with Crippen LogP contribution in [0.1, 0.15) is 0 Å². The minimum Gasteiger partial charge on any atom is -0.387 e. The third-order valence-electron chi connectivity index (χ3n) is 1.82. The summed E-state index contributed by atoms with van der Waals surface area (Å²) in [5.74, 6) is -1.88. The van der Waals surface area contributed by atoms with Crippen LogP contribution in [0, 0.1) is 15.9 Å². The van der Waals surface area contributed by atoms with E-state index in [2.05, 4.69) is 9.52 Å². The van der Waals surface area contributed by atoms with Crippen LogP contribution in [0.2, 0.25) is 0 Å². The average Bonchev–Trinajstić information content (AvgIpc) is 2.64. The van der Waals surface area contributed by atoms with Gasteiger partial charge in [-0.05, 0) is 12.1 Å². The highest BCUT2D eigenvalue weighted by molar-refractivity contribution is 5.66. The Labute approximate surface area is 86.7 Å². The normalized spacial score (nSPS) is 10.3. The number of nitrogens with zero attached hydrogens (tertiary/aromatic N) is 2. The molecule has 1 heterocycles. The highest BCUT2D eigenvalue weighted by Crippen LogP contribution is 2.27. The van der Waals surface area contributed by atoms with Gasteiger partial charge in [0.1, 0.15) is 11.4 Å². The summed E-state index contributed by atoms with van der Waals surface area (Å²) in [6.45, 7) is 0. The van der Waals surface area contributed by atoms with Gasteiger partial charge in [0.2, 0.25) is 0 Å². The number of halogens is 1. The molecule has 82 valence electrons. The zero-order valence-corrected chi connectivity index (χ0v) is 7.64. The number of rotatable bonds is 2. The Bertz CT molecular complexity index is 603. The Hall–Kier alpha value is -2.51. The summed E-state index contributed by atoms with van der Waals surface area (Å²) in [4.78, 5) is 20.6. The molecule has 1 aromatic carbocycles. The smallest absolute Gasteiger partial charge is 0.387 e. The van der Waals surface area contributed by atoms with Crippen LogP contribution < -0.4 is 5.76 Å². The monoisotopic (exact) mass is 225 g/mol. The van der Waals surface area contributed by atoms with Crippen molar-refractivity contribution in [1.29, 1.82) is 0 Å². The Morgan fingerprint density at radius 1 is 1.50 bits per heavy atom. The van der Waals surface area contributed by atoms with Crippen molar-refractivity contribution in [2.75, 3.05) is 0 Å². The summed E-state index contributed by atoms with van der Waals surface area (Å²) in [5.41, 5.74) is -0.583. The summed E-state index contributed by atoms with van der Waals surface area (Å²) in [7, 11) is 0. The number of H-pyrrole nitrogens is 1. The predicted octanol–water partition coefficient (Wildman–Crippen LogP) is 1.08. The van der Waals surface area contributed by atoms with Crippen molar-refractivity contribution in [2.45, 2.75) is 0 Å². The molecule has 0 aliphatic heterocycles. The molecular weight excluding hydrogens is 221 g/mol. The number of aromatic amines is 1. The molecule has 0 amide bonds. The standard InChI is InChI=1S/C8H4FN3O4/c9-4-1-2-6(12(14)15)5(3-4)7-10-11-8(13)16-7/h1-3H,(H,11,13). The summed E-state index contributed by atoms with van der Waals surface area (Å²) in [6.07, 6.45) is 0. The van der Waals surface area contributed by atoms with Gasteiger partial charge in [0, 0.05) is 6.07 Å². The predicted molar refractivity (Wildman–Crippen MR) is 49.2 cm³/mol. The van der Waals surface area contributed by atoms with E-state index in [1.165, 1.54) is 0 Å². The fourth-order valence-electron chi connectivity index (χ4n) is 1.18. The first-order valence-corrected chi connectivity index (χ1v) is 4.08. The molecule has 0 atom stereocenters. The Morgan fingerprint density at radius 2 is 2.25 bits per heavy atom. The minimum absolute atomic E-state index is 0.191. The van der Waals surface area contributed by atoms with Crippen LogP contribution in [0.3, 0.4) is 0 Å². The quantitative estimate of drug-likeness (QED) is 0.608. The van der Waals surface area contributed by atoms with Crippen molar-refractivity contribution >= 4 is 5.69 Å². The fraction of sp³-hybridized carbons (Fsp3) is 0. The second-order valence-corrected chi connectivity index (χ2v) is 2.84. The van der Waals surface area contributed by atoms with Crippen molar-refractivity contribution in [2.24, 2.45) is 0 Å². The van der Waals surface area contributed by atoms with Gasteiger partial charge in [-0.1, -0.05) is 0 Å². The third kappa shape index (κ3) is 1.67. The molecule has 8 heteroatoms. The van der Waals surface area contributed by atoms with Crippen LogP contribution in [-0.4, -0.2) is 15.1 Å². The van der Waals surface area contributed by atoms with Crippen molar-refractivity contribution < 1.29 is 13.7 Å². The van der Waals surface area contributed by atoms with Crippen LogP contribution in [0.4, 0.5) is 10.1 Å². The SMILES string of the molecule is O=c1[nH]nc(-c2cc(F)ccc2[N+](=O)[O-])o1. The lowest BCUT2D eigenvalue weighted by Gasteiger charge is -1.97. The first kappa shape index (κ1) is 10.0. The third-order valence-corrected chi connectivity index (χ3v) is 1.82. The molecule has 16 heavy (non-hydrogen) atoms. The highest BCUT2D eigenvalue weighted by Gasteiger charge is 2.20. The van der Waals surface area contributed by atoms with E-state index in [4.69, 9.17) is 0 Å². The number of benzene rings is 1. The van der Waals surface area contributed by atoms with Gasteiger partial charge in [-0.25, -0.2) is 14.3 Å². The number of hydrogen-bond acceptors (Lipinski definition) is 5. The molecular formula is C8H4FN3O4. The molecule has 2 rings (SSSR count). The van der Waals surface area contributed by atoms with Crippen molar-refractivity contribution in [3.63, 3.8) is 0 Å². The van der Waals surface area contributed by atoms with E-state index < -0.39 is 22.2 Å². The van der Waals surface area contributed by atoms with Gasteiger partial charge in [-0.2, -0.15) is 0 Å². The molecule has 2 aromatic rings. The van der Waals surface area contributed by atoms with E-state index in [1.54, 1.807) is 0 Å². The van der Waals surface area contributed by atoms with E-state index in [0.717, 1.165) is 18.2 Å². The summed E-state index contributed by atoms with van der Waals surface area (Å²) >= 11 is 0. The molecule has 0 unspecified atom stereocenters. The van der Waals surface area contributed by atoms with Gasteiger partial charge in [-0.3, -0.25) is 10.1 Å². The maximum absolute atomic E-state index is 12.9. The number of nitro benzene ring substituents is 1. The van der Waals surface area contributed by atoms with Gasteiger partial charge >= 0.3 is 5.76 Å². The summed E-state index contributed by atoms with van der Waals surface area (Å²) in [6, 6.07) is 2.78. The molecule has 1 N–H and O–H groups in total. The first-order valence-electron chi connectivity index (χ1n) is 4.08. The van der Waals surface area contributed by atoms with E-state index in [0.29, 0.717) is 0 Å². The van der Waals surface area contributed by atoms with E-state index >= 15 is 0 Å². The molecule has 0 aliphatic rings. The van der Waals surface area contributed by atoms with Gasteiger partial charge in [0.05, 0.1) is 4.92 Å². The number of nitro groups is 1. The lowest BCUT2D eigenvalue weighted by atomic mass is 10.2. The van der Waals surface area contributed by atoms with Crippen LogP contribution in [0.25, 0.3) is 11.5 Å². The number of aromatic nitrogens is 2. The molecule has 0 saturated carbocycles. The number of hydrogen-bond donors (Lipinski definition) is 1. The second-order valence-electron chi connectivity index (χ2n) is 2.84. The molecule has 0 aliphatic carbocycles. The molecule has 0 fully saturated rings. The molecule has 0 saturated heterocycles. The molecule has 0 bridgehead atoms. The zero-order chi connectivity index (χ0) is 11.7. The lowest BCUT2D eigenvalue weighted by molar-refractivity contribution is -0.384. The van der Waals surface area contributed by atoms with E-state index in [-0.39, 0.29) is 11.5 Å². The van der Waals surface area contributed by atoms with E-state index in [9.17, 15) is 19.3 Å². The van der Waals surface area contributed by atoms with Gasteiger partial charge < -0.3 is 4.42 Å². The average molecular weight is 225 g/mol. The largest absolute Gasteiger partial charge is 0.434 e. The van der Waals surface area contributed by atoms with Crippen LogP contribution in [0.5, 0.6) is 0 Å². The maximum atomic E-state index is 12.9. The minimum atomic E-state index is -0.867. The van der Waals surface area contributed by atoms with Crippen molar-refractivity contribution in [1.82, 2.24) is 10.2 Å². The molecule has 0 radical (unpaired) electrons. The zero-order valence-electron chi connectivity index (χ0n) is 7.64. The van der Waals surface area contributed by atoms with Crippen molar-refractivity contribution in [3.8, 4) is 11.5 Å². The van der Waals surface area contributed by atoms with Crippen LogP contribution >= 0.6 is 0 Å². The number of nitrogens with one attached hydrogen (secondary N) is 1. The fourth-order valence-corrected chi connectivity index (χ4v) is 1.18. The van der Waals surface area contributed by atoms with Gasteiger partial charge in [-0.15, -0.1) is 5.10 Å². The topological polar surface area (TPSA) is 102 Å². The highest BCUT2D eigenvalue weighted by atomic mass is 19.1. The maximum Gasteiger partial charge on any atom is 0.434 e.